The molecule has 0 bridgehead atoms. The molecular formula is C10H15Y-. The van der Waals surface area contributed by atoms with Crippen LogP contribution in [0.2, 0.25) is 0 Å². The summed E-state index contributed by atoms with van der Waals surface area (Å²) in [6.07, 6.45) is 2.08. The summed E-state index contributed by atoms with van der Waals surface area (Å²) in [6, 6.07) is 10.3. The molecule has 1 radical (unpaired) electrons. The molecule has 0 spiro atoms. The Morgan fingerprint density at radius 2 is 1.45 bits per heavy atom. The zero-order chi connectivity index (χ0) is 7.82. The van der Waals surface area contributed by atoms with Crippen LogP contribution in [0.1, 0.15) is 26.3 Å². The second-order valence-corrected chi connectivity index (χ2v) is 1.70. The zero-order valence-corrected chi connectivity index (χ0v) is 10.4. The Hall–Kier alpha value is 0.194. The molecule has 0 nitrogen and oxygen atoms in total. The van der Waals surface area contributed by atoms with Gasteiger partial charge in [0.2, 0.25) is 0 Å². The molecule has 0 fully saturated rings. The molecule has 0 aliphatic rings. The Morgan fingerprint density at radius 1 is 1.00 bits per heavy atom. The first-order valence-corrected chi connectivity index (χ1v) is 3.78. The molecule has 0 aliphatic carbocycles. The number of rotatable bonds is 1. The topological polar surface area (TPSA) is 0 Å². The van der Waals surface area contributed by atoms with Crippen LogP contribution in [-0.4, -0.2) is 0 Å². The van der Waals surface area contributed by atoms with E-state index in [-0.39, 0.29) is 32.7 Å². The van der Waals surface area contributed by atoms with E-state index in [0.717, 1.165) is 0 Å². The van der Waals surface area contributed by atoms with E-state index < -0.39 is 0 Å². The maximum absolute atomic E-state index is 2.08. The summed E-state index contributed by atoms with van der Waals surface area (Å²) in [5, 5.41) is 0. The largest absolute Gasteiger partial charge is 0.192 e. The number of benzene rings is 1. The standard InChI is InChI=1S/C8H9.C2H6.Y/c1-2-8-6-4-3-5-7-8;1-2;/h2-7H,1H3;1-2H3;/q-1;;. The second-order valence-electron chi connectivity index (χ2n) is 1.70. The van der Waals surface area contributed by atoms with Gasteiger partial charge in [0.05, 0.1) is 0 Å². The smallest absolute Gasteiger partial charge is 0 e. The van der Waals surface area contributed by atoms with Crippen molar-refractivity contribution in [1.82, 2.24) is 0 Å². The maximum Gasteiger partial charge on any atom is 0 e. The quantitative estimate of drug-likeness (QED) is 0.642. The molecule has 1 aromatic carbocycles. The van der Waals surface area contributed by atoms with Crippen LogP contribution in [0.5, 0.6) is 0 Å². The summed E-state index contributed by atoms with van der Waals surface area (Å²) in [7, 11) is 0. The molecule has 0 atom stereocenters. The van der Waals surface area contributed by atoms with E-state index in [9.17, 15) is 0 Å². The van der Waals surface area contributed by atoms with Crippen LogP contribution in [0.25, 0.3) is 0 Å². The molecular weight excluding hydrogens is 209 g/mol. The summed E-state index contributed by atoms with van der Waals surface area (Å²) in [6.45, 7) is 6.04. The second kappa shape index (κ2) is 10.2. The van der Waals surface area contributed by atoms with Crippen LogP contribution in [0.3, 0.4) is 0 Å². The van der Waals surface area contributed by atoms with Gasteiger partial charge in [-0.05, 0) is 0 Å². The van der Waals surface area contributed by atoms with Gasteiger partial charge in [0.15, 0.2) is 0 Å². The third-order valence-corrected chi connectivity index (χ3v) is 1.13. The summed E-state index contributed by atoms with van der Waals surface area (Å²) in [5.74, 6) is 0. The van der Waals surface area contributed by atoms with Gasteiger partial charge < -0.3 is 0 Å². The van der Waals surface area contributed by atoms with E-state index >= 15 is 0 Å². The van der Waals surface area contributed by atoms with Crippen molar-refractivity contribution >= 4 is 0 Å². The predicted octanol–water partition coefficient (Wildman–Crippen LogP) is 3.28. The summed E-state index contributed by atoms with van der Waals surface area (Å²) < 4.78 is 0. The van der Waals surface area contributed by atoms with Crippen molar-refractivity contribution in [3.8, 4) is 0 Å². The molecule has 0 N–H and O–H groups in total. The summed E-state index contributed by atoms with van der Waals surface area (Å²) in [4.78, 5) is 0. The first-order valence-electron chi connectivity index (χ1n) is 3.78. The van der Waals surface area contributed by atoms with Gasteiger partial charge in [-0.25, -0.2) is 0 Å². The molecule has 1 rings (SSSR count). The van der Waals surface area contributed by atoms with E-state index in [2.05, 4.69) is 18.6 Å². The summed E-state index contributed by atoms with van der Waals surface area (Å²) >= 11 is 0. The van der Waals surface area contributed by atoms with Crippen molar-refractivity contribution in [2.45, 2.75) is 20.8 Å². The van der Waals surface area contributed by atoms with Crippen molar-refractivity contribution in [3.05, 3.63) is 42.3 Å². The van der Waals surface area contributed by atoms with Crippen molar-refractivity contribution in [2.75, 3.05) is 0 Å². The van der Waals surface area contributed by atoms with Crippen molar-refractivity contribution in [2.24, 2.45) is 0 Å². The van der Waals surface area contributed by atoms with Crippen LogP contribution < -0.4 is 0 Å². The van der Waals surface area contributed by atoms with Gasteiger partial charge in [-0.1, -0.05) is 26.8 Å². The van der Waals surface area contributed by atoms with Crippen LogP contribution in [0.15, 0.2) is 30.3 Å². The average molecular weight is 224 g/mol. The third-order valence-electron chi connectivity index (χ3n) is 1.13. The average Bonchev–Trinajstić information content (AvgIpc) is 2.10. The molecule has 0 heterocycles. The fourth-order valence-corrected chi connectivity index (χ4v) is 0.645. The number of hydrogen-bond donors (Lipinski definition) is 0. The first-order chi connectivity index (χ1) is 4.93. The van der Waals surface area contributed by atoms with Gasteiger partial charge >= 0.3 is 0 Å². The van der Waals surface area contributed by atoms with Gasteiger partial charge in [-0.15, -0.1) is 12.1 Å². The van der Waals surface area contributed by atoms with Gasteiger partial charge in [-0.3, -0.25) is 0 Å². The Balaban J connectivity index is 0. The Bertz CT molecular complexity index is 146. The molecule has 11 heavy (non-hydrogen) atoms. The minimum atomic E-state index is 0. The van der Waals surface area contributed by atoms with Gasteiger partial charge in [0.25, 0.3) is 0 Å². The Morgan fingerprint density at radius 3 is 1.73 bits per heavy atom. The molecule has 1 aromatic rings. The molecule has 0 aliphatic heterocycles. The first kappa shape index (κ1) is 13.8. The van der Waals surface area contributed by atoms with Crippen LogP contribution in [0, 0.1) is 6.42 Å². The van der Waals surface area contributed by atoms with E-state index in [0.29, 0.717) is 0 Å². The van der Waals surface area contributed by atoms with Gasteiger partial charge in [0, 0.05) is 32.7 Å². The van der Waals surface area contributed by atoms with Crippen LogP contribution in [-0.2, 0) is 32.7 Å². The molecule has 0 saturated heterocycles. The van der Waals surface area contributed by atoms with E-state index in [1.165, 1.54) is 5.56 Å². The minimum absolute atomic E-state index is 0. The zero-order valence-electron chi connectivity index (χ0n) is 7.54. The Labute approximate surface area is 95.3 Å². The normalized spacial score (nSPS) is 6.82. The van der Waals surface area contributed by atoms with Crippen molar-refractivity contribution in [1.29, 1.82) is 0 Å². The van der Waals surface area contributed by atoms with E-state index in [1.807, 2.05) is 39.0 Å². The maximum atomic E-state index is 2.08. The van der Waals surface area contributed by atoms with Crippen LogP contribution in [0.4, 0.5) is 0 Å². The fourth-order valence-electron chi connectivity index (χ4n) is 0.645. The van der Waals surface area contributed by atoms with Crippen molar-refractivity contribution < 1.29 is 32.7 Å². The molecule has 1 heteroatoms. The van der Waals surface area contributed by atoms with Gasteiger partial charge in [-0.2, -0.15) is 24.1 Å². The van der Waals surface area contributed by atoms with Gasteiger partial charge in [0.1, 0.15) is 0 Å². The van der Waals surface area contributed by atoms with E-state index in [4.69, 9.17) is 0 Å². The monoisotopic (exact) mass is 224 g/mol. The van der Waals surface area contributed by atoms with Crippen LogP contribution >= 0.6 is 0 Å². The van der Waals surface area contributed by atoms with E-state index in [1.54, 1.807) is 0 Å². The molecule has 0 saturated carbocycles. The SMILES string of the molecule is CC.C[CH-]c1ccccc1.[Y]. The molecule has 59 valence electrons. The molecule has 0 amide bonds. The minimum Gasteiger partial charge on any atom is -0.192 e. The number of hydrogen-bond acceptors (Lipinski definition) is 0. The Kier molecular flexibility index (Phi) is 12.8. The predicted molar refractivity (Wildman–Crippen MR) is 46.9 cm³/mol. The van der Waals surface area contributed by atoms with Crippen molar-refractivity contribution in [3.63, 3.8) is 0 Å². The molecule has 0 aromatic heterocycles. The fraction of sp³-hybridized carbons (Fsp3) is 0.300. The third kappa shape index (κ3) is 6.59. The molecule has 0 unspecified atom stereocenters. The summed E-state index contributed by atoms with van der Waals surface area (Å²) in [5.41, 5.74) is 1.28.